The first-order valence-corrected chi connectivity index (χ1v) is 8.68. The van der Waals surface area contributed by atoms with Crippen molar-refractivity contribution < 1.29 is 23.5 Å². The summed E-state index contributed by atoms with van der Waals surface area (Å²) in [6.45, 7) is 0.850. The summed E-state index contributed by atoms with van der Waals surface area (Å²) in [5, 5.41) is 2.44. The Hall–Kier alpha value is -2.24. The maximum atomic E-state index is 14.0. The first-order chi connectivity index (χ1) is 11.9. The summed E-state index contributed by atoms with van der Waals surface area (Å²) >= 11 is 0. The zero-order valence-electron chi connectivity index (χ0n) is 14.2. The topological polar surface area (TPSA) is 72.5 Å². The smallest absolute Gasteiger partial charge is 0.306 e. The van der Waals surface area contributed by atoms with Gasteiger partial charge in [-0.3, -0.25) is 14.4 Å². The molecule has 134 valence electrons. The molecule has 1 aromatic rings. The fourth-order valence-corrected chi connectivity index (χ4v) is 4.15. The fourth-order valence-electron chi connectivity index (χ4n) is 4.15. The Morgan fingerprint density at radius 3 is 2.64 bits per heavy atom. The van der Waals surface area contributed by atoms with E-state index in [1.54, 1.807) is 0 Å². The molecule has 0 saturated heterocycles. The van der Waals surface area contributed by atoms with Crippen LogP contribution in [0.2, 0.25) is 0 Å². The molecule has 0 unspecified atom stereocenters. The highest BCUT2D eigenvalue weighted by atomic mass is 19.1. The van der Waals surface area contributed by atoms with Gasteiger partial charge in [-0.05, 0) is 55.2 Å². The van der Waals surface area contributed by atoms with E-state index in [0.717, 1.165) is 18.4 Å². The quantitative estimate of drug-likeness (QED) is 0.633. The molecule has 0 radical (unpaired) electrons. The average molecular weight is 347 g/mol. The van der Waals surface area contributed by atoms with Crippen molar-refractivity contribution in [1.82, 2.24) is 0 Å². The summed E-state index contributed by atoms with van der Waals surface area (Å²) in [6.07, 6.45) is 5.09. The number of hydrogen-bond acceptors (Lipinski definition) is 4. The SMILES string of the molecule is CC(=O)Nc1ccc(C(=O)COC(=O)C[C@H]2C[C@H]3CC[C@@H]2C3)c(F)c1. The van der Waals surface area contributed by atoms with Crippen LogP contribution in [0, 0.1) is 23.6 Å². The largest absolute Gasteiger partial charge is 0.457 e. The Bertz CT molecular complexity index is 703. The molecule has 2 saturated carbocycles. The number of amides is 1. The molecular weight excluding hydrogens is 325 g/mol. The van der Waals surface area contributed by atoms with Crippen molar-refractivity contribution >= 4 is 23.3 Å². The highest BCUT2D eigenvalue weighted by molar-refractivity contribution is 5.99. The number of Topliss-reactive ketones (excluding diaryl/α,β-unsaturated/α-hetero) is 1. The molecule has 25 heavy (non-hydrogen) atoms. The lowest BCUT2D eigenvalue weighted by atomic mass is 9.86. The molecule has 2 aliphatic rings. The standard InChI is InChI=1S/C19H22FNO4/c1-11(22)21-15-4-5-16(17(20)9-15)18(23)10-25-19(24)8-14-7-12-2-3-13(14)6-12/h4-5,9,12-14H,2-3,6-8,10H2,1H3,(H,21,22)/t12-,13+,14+/m0/s1. The van der Waals surface area contributed by atoms with Crippen LogP contribution in [0.1, 0.15) is 49.4 Å². The number of benzene rings is 1. The van der Waals surface area contributed by atoms with Crippen LogP contribution >= 0.6 is 0 Å². The third-order valence-corrected chi connectivity index (χ3v) is 5.27. The number of anilines is 1. The van der Waals surface area contributed by atoms with E-state index in [1.165, 1.54) is 38.3 Å². The molecule has 2 bridgehead atoms. The Balaban J connectivity index is 1.50. The molecule has 0 spiro atoms. The van der Waals surface area contributed by atoms with Crippen LogP contribution in [0.3, 0.4) is 0 Å². The van der Waals surface area contributed by atoms with Gasteiger partial charge in [0.05, 0.1) is 5.56 Å². The lowest BCUT2D eigenvalue weighted by Gasteiger charge is -2.20. The van der Waals surface area contributed by atoms with Crippen molar-refractivity contribution in [2.24, 2.45) is 17.8 Å². The van der Waals surface area contributed by atoms with Gasteiger partial charge in [-0.25, -0.2) is 4.39 Å². The molecular formula is C19H22FNO4. The van der Waals surface area contributed by atoms with Crippen LogP contribution in [-0.4, -0.2) is 24.3 Å². The third kappa shape index (κ3) is 4.24. The van der Waals surface area contributed by atoms with E-state index < -0.39 is 18.2 Å². The maximum absolute atomic E-state index is 14.0. The number of fused-ring (bicyclic) bond motifs is 2. The third-order valence-electron chi connectivity index (χ3n) is 5.27. The van der Waals surface area contributed by atoms with E-state index in [9.17, 15) is 18.8 Å². The van der Waals surface area contributed by atoms with E-state index in [4.69, 9.17) is 4.74 Å². The summed E-state index contributed by atoms with van der Waals surface area (Å²) in [7, 11) is 0. The van der Waals surface area contributed by atoms with Crippen molar-refractivity contribution in [3.05, 3.63) is 29.6 Å². The second-order valence-electron chi connectivity index (χ2n) is 7.10. The minimum atomic E-state index is -0.750. The predicted molar refractivity (Wildman–Crippen MR) is 89.5 cm³/mol. The number of rotatable bonds is 6. The van der Waals surface area contributed by atoms with Crippen molar-refractivity contribution in [3.8, 4) is 0 Å². The summed E-state index contributed by atoms with van der Waals surface area (Å²) in [5.74, 6) is -0.314. The number of hydrogen-bond donors (Lipinski definition) is 1. The molecule has 3 rings (SSSR count). The molecule has 0 heterocycles. The molecule has 1 N–H and O–H groups in total. The molecule has 0 aromatic heterocycles. The molecule has 6 heteroatoms. The second-order valence-corrected chi connectivity index (χ2v) is 7.10. The van der Waals surface area contributed by atoms with E-state index in [0.29, 0.717) is 18.3 Å². The second kappa shape index (κ2) is 7.33. The van der Waals surface area contributed by atoms with Crippen LogP contribution in [0.25, 0.3) is 0 Å². The number of carbonyl (C=O) groups excluding carboxylic acids is 3. The van der Waals surface area contributed by atoms with Gasteiger partial charge in [0, 0.05) is 19.0 Å². The van der Waals surface area contributed by atoms with Crippen LogP contribution in [0.5, 0.6) is 0 Å². The van der Waals surface area contributed by atoms with Gasteiger partial charge in [0.25, 0.3) is 0 Å². The highest BCUT2D eigenvalue weighted by Crippen LogP contribution is 2.49. The number of esters is 1. The van der Waals surface area contributed by atoms with Crippen molar-refractivity contribution in [2.45, 2.75) is 39.0 Å². The number of ketones is 1. The van der Waals surface area contributed by atoms with Gasteiger partial charge in [0.2, 0.25) is 11.7 Å². The molecule has 0 aliphatic heterocycles. The van der Waals surface area contributed by atoms with Crippen LogP contribution < -0.4 is 5.32 Å². The van der Waals surface area contributed by atoms with Crippen molar-refractivity contribution in [1.29, 1.82) is 0 Å². The first-order valence-electron chi connectivity index (χ1n) is 8.68. The first kappa shape index (κ1) is 17.6. The van der Waals surface area contributed by atoms with E-state index in [2.05, 4.69) is 5.32 Å². The number of ether oxygens (including phenoxy) is 1. The molecule has 1 aromatic carbocycles. The van der Waals surface area contributed by atoms with E-state index >= 15 is 0 Å². The summed E-state index contributed by atoms with van der Waals surface area (Å²) in [4.78, 5) is 35.0. The monoisotopic (exact) mass is 347 g/mol. The van der Waals surface area contributed by atoms with Crippen LogP contribution in [0.4, 0.5) is 10.1 Å². The number of carbonyl (C=O) groups is 3. The Labute approximate surface area is 145 Å². The minimum absolute atomic E-state index is 0.151. The van der Waals surface area contributed by atoms with Crippen LogP contribution in [0.15, 0.2) is 18.2 Å². The summed E-state index contributed by atoms with van der Waals surface area (Å²) in [6, 6.07) is 3.80. The molecule has 2 aliphatic carbocycles. The van der Waals surface area contributed by atoms with Gasteiger partial charge in [-0.1, -0.05) is 6.42 Å². The van der Waals surface area contributed by atoms with Gasteiger partial charge < -0.3 is 10.1 Å². The molecule has 2 fully saturated rings. The van der Waals surface area contributed by atoms with Gasteiger partial charge in [-0.15, -0.1) is 0 Å². The summed E-state index contributed by atoms with van der Waals surface area (Å²) in [5.41, 5.74) is 0.122. The molecule has 5 nitrogen and oxygen atoms in total. The van der Waals surface area contributed by atoms with Crippen molar-refractivity contribution in [2.75, 3.05) is 11.9 Å². The highest BCUT2D eigenvalue weighted by Gasteiger charge is 2.40. The Morgan fingerprint density at radius 1 is 1.24 bits per heavy atom. The summed E-state index contributed by atoms with van der Waals surface area (Å²) < 4.78 is 19.0. The van der Waals surface area contributed by atoms with E-state index in [-0.39, 0.29) is 23.1 Å². The molecule has 1 amide bonds. The van der Waals surface area contributed by atoms with Gasteiger partial charge in [0.1, 0.15) is 5.82 Å². The van der Waals surface area contributed by atoms with E-state index in [1.807, 2.05) is 0 Å². The number of halogens is 1. The average Bonchev–Trinajstić information content (AvgIpc) is 3.15. The zero-order valence-corrected chi connectivity index (χ0v) is 14.2. The Morgan fingerprint density at radius 2 is 2.04 bits per heavy atom. The predicted octanol–water partition coefficient (Wildman–Crippen LogP) is 3.34. The fraction of sp³-hybridized carbons (Fsp3) is 0.526. The minimum Gasteiger partial charge on any atom is -0.457 e. The van der Waals surface area contributed by atoms with Gasteiger partial charge >= 0.3 is 5.97 Å². The van der Waals surface area contributed by atoms with Gasteiger partial charge in [-0.2, -0.15) is 0 Å². The Kier molecular flexibility index (Phi) is 5.16. The van der Waals surface area contributed by atoms with Gasteiger partial charge in [0.15, 0.2) is 6.61 Å². The lowest BCUT2D eigenvalue weighted by Crippen LogP contribution is -2.20. The van der Waals surface area contributed by atoms with Crippen molar-refractivity contribution in [3.63, 3.8) is 0 Å². The zero-order chi connectivity index (χ0) is 18.0. The normalized spacial score (nSPS) is 24.2. The molecule has 3 atom stereocenters. The lowest BCUT2D eigenvalue weighted by molar-refractivity contribution is -0.144. The maximum Gasteiger partial charge on any atom is 0.306 e. The number of nitrogens with one attached hydrogen (secondary N) is 1. The van der Waals surface area contributed by atoms with Crippen LogP contribution in [-0.2, 0) is 14.3 Å².